The summed E-state index contributed by atoms with van der Waals surface area (Å²) in [6.45, 7) is 3.89. The summed E-state index contributed by atoms with van der Waals surface area (Å²) < 4.78 is 0. The maximum absolute atomic E-state index is 12.7. The van der Waals surface area contributed by atoms with Crippen LogP contribution in [-0.2, 0) is 0 Å². The van der Waals surface area contributed by atoms with E-state index >= 15 is 0 Å². The standard InChI is InChI=1S/C16H19N3O/c1-11-7-8-19(10-11)16(20)14-9-18-15(17-2)13-6-4-3-5-12(13)14/h3-6,9,11H,7-8,10H2,1-2H3,(H,17,18). The molecule has 1 fully saturated rings. The second-order valence-corrected chi connectivity index (χ2v) is 5.46. The number of pyridine rings is 1. The molecule has 2 aromatic rings. The van der Waals surface area contributed by atoms with Crippen LogP contribution >= 0.6 is 0 Å². The molecule has 1 atom stereocenters. The van der Waals surface area contributed by atoms with Crippen LogP contribution in [0.3, 0.4) is 0 Å². The van der Waals surface area contributed by atoms with Crippen molar-refractivity contribution in [2.45, 2.75) is 13.3 Å². The molecule has 3 rings (SSSR count). The lowest BCUT2D eigenvalue weighted by atomic mass is 10.1. The predicted molar refractivity (Wildman–Crippen MR) is 81.0 cm³/mol. The van der Waals surface area contributed by atoms with E-state index in [1.807, 2.05) is 36.2 Å². The number of carbonyl (C=O) groups excluding carboxylic acids is 1. The zero-order chi connectivity index (χ0) is 14.1. The van der Waals surface area contributed by atoms with Gasteiger partial charge in [0, 0.05) is 31.7 Å². The molecule has 0 radical (unpaired) electrons. The van der Waals surface area contributed by atoms with Crippen molar-refractivity contribution in [2.75, 3.05) is 25.5 Å². The van der Waals surface area contributed by atoms with Crippen LogP contribution in [0.5, 0.6) is 0 Å². The highest BCUT2D eigenvalue weighted by Gasteiger charge is 2.25. The Morgan fingerprint density at radius 1 is 1.35 bits per heavy atom. The number of rotatable bonds is 2. The number of fused-ring (bicyclic) bond motifs is 1. The topological polar surface area (TPSA) is 45.2 Å². The van der Waals surface area contributed by atoms with Crippen LogP contribution in [0.1, 0.15) is 23.7 Å². The van der Waals surface area contributed by atoms with E-state index in [4.69, 9.17) is 0 Å². The Morgan fingerprint density at radius 2 is 2.10 bits per heavy atom. The number of carbonyl (C=O) groups is 1. The number of hydrogen-bond acceptors (Lipinski definition) is 3. The number of aromatic nitrogens is 1. The summed E-state index contributed by atoms with van der Waals surface area (Å²) in [5.74, 6) is 1.50. The van der Waals surface area contributed by atoms with Crippen LogP contribution < -0.4 is 5.32 Å². The molecule has 1 aliphatic heterocycles. The first kappa shape index (κ1) is 12.9. The number of nitrogens with zero attached hydrogens (tertiary/aromatic N) is 2. The molecule has 20 heavy (non-hydrogen) atoms. The van der Waals surface area contributed by atoms with Crippen molar-refractivity contribution in [3.05, 3.63) is 36.0 Å². The number of anilines is 1. The van der Waals surface area contributed by atoms with Gasteiger partial charge in [0.15, 0.2) is 0 Å². The number of hydrogen-bond donors (Lipinski definition) is 1. The Labute approximate surface area is 118 Å². The molecule has 4 nitrogen and oxygen atoms in total. The molecule has 1 amide bonds. The van der Waals surface area contributed by atoms with E-state index in [9.17, 15) is 4.79 Å². The Morgan fingerprint density at radius 3 is 2.75 bits per heavy atom. The van der Waals surface area contributed by atoms with Crippen molar-refractivity contribution >= 4 is 22.5 Å². The van der Waals surface area contributed by atoms with Gasteiger partial charge in [-0.3, -0.25) is 4.79 Å². The van der Waals surface area contributed by atoms with E-state index in [0.717, 1.165) is 36.1 Å². The molecule has 1 aromatic carbocycles. The molecule has 4 heteroatoms. The molecular formula is C16H19N3O. The van der Waals surface area contributed by atoms with Gasteiger partial charge in [-0.1, -0.05) is 31.2 Å². The minimum Gasteiger partial charge on any atom is -0.373 e. The van der Waals surface area contributed by atoms with E-state index in [1.165, 1.54) is 0 Å². The summed E-state index contributed by atoms with van der Waals surface area (Å²) >= 11 is 0. The third-order valence-corrected chi connectivity index (χ3v) is 3.97. The van der Waals surface area contributed by atoms with Crippen molar-refractivity contribution < 1.29 is 4.79 Å². The lowest BCUT2D eigenvalue weighted by Gasteiger charge is -2.17. The van der Waals surface area contributed by atoms with Gasteiger partial charge < -0.3 is 10.2 Å². The summed E-state index contributed by atoms with van der Waals surface area (Å²) in [5.41, 5.74) is 0.703. The Kier molecular flexibility index (Phi) is 3.30. The summed E-state index contributed by atoms with van der Waals surface area (Å²) in [7, 11) is 1.85. The SMILES string of the molecule is CNc1ncc(C(=O)N2CCC(C)C2)c2ccccc12. The summed E-state index contributed by atoms with van der Waals surface area (Å²) in [6, 6.07) is 7.92. The smallest absolute Gasteiger partial charge is 0.256 e. The highest BCUT2D eigenvalue weighted by molar-refractivity contribution is 6.09. The van der Waals surface area contributed by atoms with Gasteiger partial charge in [0.05, 0.1) is 5.56 Å². The van der Waals surface area contributed by atoms with E-state index in [0.29, 0.717) is 11.5 Å². The lowest BCUT2D eigenvalue weighted by molar-refractivity contribution is 0.0789. The monoisotopic (exact) mass is 269 g/mol. The maximum atomic E-state index is 12.7. The molecular weight excluding hydrogens is 250 g/mol. The molecule has 1 unspecified atom stereocenters. The molecule has 1 saturated heterocycles. The van der Waals surface area contributed by atoms with E-state index < -0.39 is 0 Å². The second-order valence-electron chi connectivity index (χ2n) is 5.46. The zero-order valence-electron chi connectivity index (χ0n) is 11.9. The van der Waals surface area contributed by atoms with Gasteiger partial charge in [-0.2, -0.15) is 0 Å². The summed E-state index contributed by atoms with van der Waals surface area (Å²) in [6.07, 6.45) is 2.78. The van der Waals surface area contributed by atoms with Crippen LogP contribution in [-0.4, -0.2) is 35.9 Å². The van der Waals surface area contributed by atoms with E-state index in [1.54, 1.807) is 6.20 Å². The van der Waals surface area contributed by atoms with E-state index in [-0.39, 0.29) is 5.91 Å². The molecule has 0 bridgehead atoms. The highest BCUT2D eigenvalue weighted by atomic mass is 16.2. The quantitative estimate of drug-likeness (QED) is 0.911. The van der Waals surface area contributed by atoms with E-state index in [2.05, 4.69) is 17.2 Å². The predicted octanol–water partition coefficient (Wildman–Crippen LogP) is 2.76. The van der Waals surface area contributed by atoms with Gasteiger partial charge in [-0.25, -0.2) is 4.98 Å². The van der Waals surface area contributed by atoms with Crippen LogP contribution in [0, 0.1) is 5.92 Å². The molecule has 0 spiro atoms. The highest BCUT2D eigenvalue weighted by Crippen LogP contribution is 2.26. The first-order valence-corrected chi connectivity index (χ1v) is 7.05. The van der Waals surface area contributed by atoms with Crippen LogP contribution in [0.2, 0.25) is 0 Å². The Balaban J connectivity index is 2.06. The first-order chi connectivity index (χ1) is 9.70. The molecule has 0 aliphatic carbocycles. The fourth-order valence-electron chi connectivity index (χ4n) is 2.85. The molecule has 104 valence electrons. The third-order valence-electron chi connectivity index (χ3n) is 3.97. The zero-order valence-corrected chi connectivity index (χ0v) is 11.9. The van der Waals surface area contributed by atoms with Crippen LogP contribution in [0.15, 0.2) is 30.5 Å². The summed E-state index contributed by atoms with van der Waals surface area (Å²) in [5, 5.41) is 5.04. The largest absolute Gasteiger partial charge is 0.373 e. The minimum atomic E-state index is 0.0979. The van der Waals surface area contributed by atoms with Gasteiger partial charge >= 0.3 is 0 Å². The van der Waals surface area contributed by atoms with Gasteiger partial charge in [0.25, 0.3) is 5.91 Å². The molecule has 1 aliphatic rings. The average Bonchev–Trinajstić information content (AvgIpc) is 2.92. The minimum absolute atomic E-state index is 0.0979. The lowest BCUT2D eigenvalue weighted by Crippen LogP contribution is -2.28. The van der Waals surface area contributed by atoms with Crippen molar-refractivity contribution in [1.29, 1.82) is 0 Å². The normalized spacial score (nSPS) is 18.5. The Bertz CT molecular complexity index is 653. The van der Waals surface area contributed by atoms with Crippen molar-refractivity contribution in [3.63, 3.8) is 0 Å². The number of amides is 1. The van der Waals surface area contributed by atoms with Gasteiger partial charge in [0.1, 0.15) is 5.82 Å². The number of benzene rings is 1. The number of likely N-dealkylation sites (tertiary alicyclic amines) is 1. The molecule has 0 saturated carbocycles. The second kappa shape index (κ2) is 5.12. The molecule has 2 heterocycles. The van der Waals surface area contributed by atoms with Crippen LogP contribution in [0.25, 0.3) is 10.8 Å². The van der Waals surface area contributed by atoms with Crippen molar-refractivity contribution in [2.24, 2.45) is 5.92 Å². The maximum Gasteiger partial charge on any atom is 0.256 e. The van der Waals surface area contributed by atoms with Gasteiger partial charge in [0.2, 0.25) is 0 Å². The fraction of sp³-hybridized carbons (Fsp3) is 0.375. The number of nitrogens with one attached hydrogen (secondary N) is 1. The Hall–Kier alpha value is -2.10. The average molecular weight is 269 g/mol. The van der Waals surface area contributed by atoms with Crippen LogP contribution in [0.4, 0.5) is 5.82 Å². The van der Waals surface area contributed by atoms with Crippen molar-refractivity contribution in [1.82, 2.24) is 9.88 Å². The first-order valence-electron chi connectivity index (χ1n) is 7.05. The molecule has 1 aromatic heterocycles. The summed E-state index contributed by atoms with van der Waals surface area (Å²) in [4.78, 5) is 19.0. The van der Waals surface area contributed by atoms with Gasteiger partial charge in [-0.15, -0.1) is 0 Å². The third kappa shape index (κ3) is 2.11. The molecule has 1 N–H and O–H groups in total. The van der Waals surface area contributed by atoms with Gasteiger partial charge in [-0.05, 0) is 17.7 Å². The van der Waals surface area contributed by atoms with Crippen molar-refractivity contribution in [3.8, 4) is 0 Å². The fourth-order valence-corrected chi connectivity index (χ4v) is 2.85.